The zero-order chi connectivity index (χ0) is 14.2. The predicted octanol–water partition coefficient (Wildman–Crippen LogP) is 6.30. The fourth-order valence-corrected chi connectivity index (χ4v) is 3.42. The lowest BCUT2D eigenvalue weighted by Gasteiger charge is -2.15. The van der Waals surface area contributed by atoms with E-state index in [-0.39, 0.29) is 5.82 Å². The topological polar surface area (TPSA) is 0 Å². The van der Waals surface area contributed by atoms with Crippen LogP contribution in [0.5, 0.6) is 0 Å². The van der Waals surface area contributed by atoms with Crippen molar-refractivity contribution in [2.45, 2.75) is 19.2 Å². The van der Waals surface area contributed by atoms with Crippen LogP contribution < -0.4 is 0 Å². The highest BCUT2D eigenvalue weighted by Gasteiger charge is 2.19. The van der Waals surface area contributed by atoms with Gasteiger partial charge < -0.3 is 0 Å². The first-order valence-corrected chi connectivity index (χ1v) is 7.78. The minimum Gasteiger partial charge on any atom is -0.206 e. The first-order valence-electron chi connectivity index (χ1n) is 5.76. The van der Waals surface area contributed by atoms with Crippen LogP contribution in [0.1, 0.15) is 27.6 Å². The number of hydrogen-bond donors (Lipinski definition) is 0. The fourth-order valence-electron chi connectivity index (χ4n) is 1.89. The van der Waals surface area contributed by atoms with Crippen LogP contribution in [0.25, 0.3) is 0 Å². The zero-order valence-electron chi connectivity index (χ0n) is 10.5. The Bertz CT molecular complexity index is 626. The summed E-state index contributed by atoms with van der Waals surface area (Å²) in [6.07, 6.45) is 0. The molecule has 4 heteroatoms. The second-order valence-electron chi connectivity index (χ2n) is 4.46. The Hall–Kier alpha value is -0.380. The molecule has 0 spiro atoms. The third kappa shape index (κ3) is 3.04. The van der Waals surface area contributed by atoms with Gasteiger partial charge >= 0.3 is 0 Å². The molecule has 2 aromatic rings. The van der Waals surface area contributed by atoms with E-state index in [0.29, 0.717) is 11.1 Å². The lowest BCUT2D eigenvalue weighted by atomic mass is 10.0. The van der Waals surface area contributed by atoms with E-state index in [1.165, 1.54) is 0 Å². The molecule has 0 bridgehead atoms. The lowest BCUT2D eigenvalue weighted by molar-refractivity contribution is 0.603. The van der Waals surface area contributed by atoms with Crippen LogP contribution in [0, 0.1) is 19.7 Å². The van der Waals surface area contributed by atoms with E-state index >= 15 is 0 Å². The summed E-state index contributed by atoms with van der Waals surface area (Å²) < 4.78 is 16.0. The minimum atomic E-state index is -0.522. The summed E-state index contributed by atoms with van der Waals surface area (Å²) in [6.45, 7) is 3.73. The number of aryl methyl sites for hydroxylation is 2. The number of hydrogen-bond acceptors (Lipinski definition) is 0. The van der Waals surface area contributed by atoms with Gasteiger partial charge in [0.05, 0.1) is 5.38 Å². The molecule has 0 aliphatic heterocycles. The maximum absolute atomic E-state index is 14.1. The third-order valence-corrected chi connectivity index (χ3v) is 5.06. The van der Waals surface area contributed by atoms with Crippen molar-refractivity contribution in [3.8, 4) is 0 Å². The number of benzene rings is 2. The van der Waals surface area contributed by atoms with E-state index in [0.717, 1.165) is 20.1 Å². The van der Waals surface area contributed by atoms with Crippen molar-refractivity contribution in [1.29, 1.82) is 0 Å². The van der Waals surface area contributed by atoms with Crippen LogP contribution in [-0.4, -0.2) is 0 Å². The molecular weight excluding hydrogens is 394 g/mol. The van der Waals surface area contributed by atoms with E-state index in [1.807, 2.05) is 25.1 Å². The van der Waals surface area contributed by atoms with Crippen molar-refractivity contribution in [3.05, 3.63) is 67.3 Å². The molecule has 0 aliphatic carbocycles. The van der Waals surface area contributed by atoms with Crippen molar-refractivity contribution >= 4 is 43.5 Å². The molecule has 0 saturated carbocycles. The Morgan fingerprint density at radius 3 is 2.37 bits per heavy atom. The first kappa shape index (κ1) is 15.0. The molecule has 0 fully saturated rings. The van der Waals surface area contributed by atoms with Gasteiger partial charge in [-0.1, -0.05) is 50.1 Å². The van der Waals surface area contributed by atoms with E-state index in [2.05, 4.69) is 31.9 Å². The van der Waals surface area contributed by atoms with Crippen LogP contribution in [0.3, 0.4) is 0 Å². The molecule has 0 N–H and O–H groups in total. The molecule has 100 valence electrons. The molecule has 2 aromatic carbocycles. The van der Waals surface area contributed by atoms with Crippen LogP contribution in [0.15, 0.2) is 39.3 Å². The first-order chi connectivity index (χ1) is 8.91. The van der Waals surface area contributed by atoms with Crippen molar-refractivity contribution in [2.24, 2.45) is 0 Å². The second-order valence-corrected chi connectivity index (χ2v) is 6.61. The maximum Gasteiger partial charge on any atom is 0.131 e. The van der Waals surface area contributed by atoms with Crippen LogP contribution in [0.2, 0.25) is 0 Å². The smallest absolute Gasteiger partial charge is 0.131 e. The highest BCUT2D eigenvalue weighted by Crippen LogP contribution is 2.38. The molecule has 0 heterocycles. The van der Waals surface area contributed by atoms with Gasteiger partial charge in [-0.25, -0.2) is 4.39 Å². The standard InChI is InChI=1S/C15H12Br2ClF/c1-8-4-3-5-10(15(8)19)14(18)11-7-12(16)9(2)6-13(11)17/h3-7,14H,1-2H3. The van der Waals surface area contributed by atoms with Gasteiger partial charge in [0, 0.05) is 14.5 Å². The highest BCUT2D eigenvalue weighted by molar-refractivity contribution is 9.11. The quantitative estimate of drug-likeness (QED) is 0.514. The molecule has 0 aliphatic rings. The lowest BCUT2D eigenvalue weighted by Crippen LogP contribution is -2.00. The van der Waals surface area contributed by atoms with Crippen molar-refractivity contribution in [3.63, 3.8) is 0 Å². The zero-order valence-corrected chi connectivity index (χ0v) is 14.4. The maximum atomic E-state index is 14.1. The van der Waals surface area contributed by atoms with Gasteiger partial charge in [-0.05, 0) is 42.7 Å². The van der Waals surface area contributed by atoms with Gasteiger partial charge in [-0.2, -0.15) is 0 Å². The largest absolute Gasteiger partial charge is 0.206 e. The number of halogens is 4. The van der Waals surface area contributed by atoms with Gasteiger partial charge in [0.2, 0.25) is 0 Å². The van der Waals surface area contributed by atoms with E-state index in [1.54, 1.807) is 19.1 Å². The fraction of sp³-hybridized carbons (Fsp3) is 0.200. The predicted molar refractivity (Wildman–Crippen MR) is 85.4 cm³/mol. The Balaban J connectivity index is 2.53. The summed E-state index contributed by atoms with van der Waals surface area (Å²) in [6, 6.07) is 9.18. The molecule has 1 unspecified atom stereocenters. The SMILES string of the molecule is Cc1cc(Br)c(C(Cl)c2cccc(C)c2F)cc1Br. The molecule has 2 rings (SSSR count). The normalized spacial score (nSPS) is 12.5. The average Bonchev–Trinajstić information content (AvgIpc) is 2.36. The molecule has 0 amide bonds. The molecule has 0 nitrogen and oxygen atoms in total. The van der Waals surface area contributed by atoms with Crippen LogP contribution in [-0.2, 0) is 0 Å². The molecule has 19 heavy (non-hydrogen) atoms. The third-order valence-electron chi connectivity index (χ3n) is 3.05. The number of rotatable bonds is 2. The van der Waals surface area contributed by atoms with Crippen LogP contribution >= 0.6 is 43.5 Å². The van der Waals surface area contributed by atoms with Crippen molar-refractivity contribution < 1.29 is 4.39 Å². The summed E-state index contributed by atoms with van der Waals surface area (Å²) in [7, 11) is 0. The van der Waals surface area contributed by atoms with Crippen LogP contribution in [0.4, 0.5) is 4.39 Å². The van der Waals surface area contributed by atoms with Gasteiger partial charge in [0.25, 0.3) is 0 Å². The molecule has 0 aromatic heterocycles. The summed E-state index contributed by atoms with van der Waals surface area (Å²) in [5, 5.41) is -0.522. The Morgan fingerprint density at radius 1 is 1.00 bits per heavy atom. The van der Waals surface area contributed by atoms with Gasteiger partial charge in [0.15, 0.2) is 0 Å². The number of alkyl halides is 1. The summed E-state index contributed by atoms with van der Waals surface area (Å²) in [4.78, 5) is 0. The summed E-state index contributed by atoms with van der Waals surface area (Å²) in [5.74, 6) is -0.244. The van der Waals surface area contributed by atoms with Gasteiger partial charge in [-0.3, -0.25) is 0 Å². The Kier molecular flexibility index (Phi) is 4.70. The minimum absolute atomic E-state index is 0.244. The molecular formula is C15H12Br2ClF. The van der Waals surface area contributed by atoms with Crippen molar-refractivity contribution in [1.82, 2.24) is 0 Å². The molecule has 0 saturated heterocycles. The highest BCUT2D eigenvalue weighted by atomic mass is 79.9. The average molecular weight is 407 g/mol. The second kappa shape index (κ2) is 5.94. The molecule has 0 radical (unpaired) electrons. The van der Waals surface area contributed by atoms with Gasteiger partial charge in [0.1, 0.15) is 5.82 Å². The monoisotopic (exact) mass is 404 g/mol. The van der Waals surface area contributed by atoms with Gasteiger partial charge in [-0.15, -0.1) is 11.6 Å². The summed E-state index contributed by atoms with van der Waals surface area (Å²) >= 11 is 13.4. The van der Waals surface area contributed by atoms with E-state index < -0.39 is 5.38 Å². The van der Waals surface area contributed by atoms with Crippen molar-refractivity contribution in [2.75, 3.05) is 0 Å². The van der Waals surface area contributed by atoms with E-state index in [4.69, 9.17) is 11.6 Å². The Labute approximate surface area is 134 Å². The van der Waals surface area contributed by atoms with E-state index in [9.17, 15) is 4.39 Å². The summed E-state index contributed by atoms with van der Waals surface area (Å²) in [5.41, 5.74) is 3.05. The molecule has 1 atom stereocenters. The Morgan fingerprint density at radius 2 is 1.68 bits per heavy atom.